The van der Waals surface area contributed by atoms with Crippen molar-refractivity contribution in [3.63, 3.8) is 0 Å². The summed E-state index contributed by atoms with van der Waals surface area (Å²) in [4.78, 5) is 40.6. The predicted octanol–water partition coefficient (Wildman–Crippen LogP) is 4.33. The van der Waals surface area contributed by atoms with E-state index in [4.69, 9.17) is 42.1 Å². The SMILES string of the molecule is CC(=O)OCC1O[C@H](Sc2ccc(Cl)c(Cl)c2)C(OC(C)=O)C(n2cc(-c3ncc(F)s3)nn2)[C@H]1OC(C)=O. The number of hydrogen-bond acceptors (Lipinski definition) is 12. The number of carbonyl (C=O) groups is 3. The van der Waals surface area contributed by atoms with Gasteiger partial charge >= 0.3 is 17.9 Å². The molecule has 1 aromatic carbocycles. The van der Waals surface area contributed by atoms with E-state index in [2.05, 4.69) is 15.3 Å². The van der Waals surface area contributed by atoms with Gasteiger partial charge in [0.1, 0.15) is 34.9 Å². The summed E-state index contributed by atoms with van der Waals surface area (Å²) in [5.41, 5.74) is -0.683. The van der Waals surface area contributed by atoms with E-state index in [-0.39, 0.29) is 17.3 Å². The molecule has 208 valence electrons. The minimum Gasteiger partial charge on any atom is -0.463 e. The van der Waals surface area contributed by atoms with Crippen molar-refractivity contribution >= 4 is 64.2 Å². The Hall–Kier alpha value is -2.78. The summed E-state index contributed by atoms with van der Waals surface area (Å²) < 4.78 is 37.7. The molecular weight excluding hydrogens is 598 g/mol. The lowest BCUT2D eigenvalue weighted by atomic mass is 9.96. The van der Waals surface area contributed by atoms with Gasteiger partial charge in [-0.25, -0.2) is 9.67 Å². The summed E-state index contributed by atoms with van der Waals surface area (Å²) in [7, 11) is 0. The number of thiazole rings is 1. The van der Waals surface area contributed by atoms with Crippen LogP contribution in [0.3, 0.4) is 0 Å². The van der Waals surface area contributed by atoms with Crippen molar-refractivity contribution in [2.75, 3.05) is 6.61 Å². The molecule has 3 aromatic rings. The minimum absolute atomic E-state index is 0.240. The van der Waals surface area contributed by atoms with Gasteiger partial charge in [0.05, 0.1) is 22.4 Å². The number of esters is 3. The van der Waals surface area contributed by atoms with Crippen molar-refractivity contribution < 1.29 is 37.7 Å². The number of carbonyl (C=O) groups excluding carboxylic acids is 3. The molecule has 5 atom stereocenters. The summed E-state index contributed by atoms with van der Waals surface area (Å²) in [5, 5.41) is 8.62. The second-order valence-corrected chi connectivity index (χ2v) is 11.2. The van der Waals surface area contributed by atoms with Crippen molar-refractivity contribution in [3.05, 3.63) is 45.8 Å². The van der Waals surface area contributed by atoms with E-state index in [1.807, 2.05) is 0 Å². The molecule has 0 radical (unpaired) electrons. The number of halogens is 3. The van der Waals surface area contributed by atoms with Crippen LogP contribution in [0.25, 0.3) is 10.7 Å². The van der Waals surface area contributed by atoms with Crippen LogP contribution in [0.5, 0.6) is 0 Å². The van der Waals surface area contributed by atoms with Crippen LogP contribution in [-0.2, 0) is 33.3 Å². The van der Waals surface area contributed by atoms with Crippen LogP contribution in [0.15, 0.2) is 35.5 Å². The van der Waals surface area contributed by atoms with Crippen LogP contribution in [-0.4, -0.2) is 68.2 Å². The summed E-state index contributed by atoms with van der Waals surface area (Å²) in [6.45, 7) is 3.35. The van der Waals surface area contributed by atoms with Crippen LogP contribution < -0.4 is 0 Å². The molecule has 0 amide bonds. The van der Waals surface area contributed by atoms with E-state index in [1.54, 1.807) is 18.2 Å². The highest BCUT2D eigenvalue weighted by Gasteiger charge is 2.52. The van der Waals surface area contributed by atoms with E-state index in [1.165, 1.54) is 31.6 Å². The Morgan fingerprint density at radius 3 is 2.44 bits per heavy atom. The van der Waals surface area contributed by atoms with Gasteiger partial charge in [0.2, 0.25) is 0 Å². The van der Waals surface area contributed by atoms with Crippen molar-refractivity contribution in [1.82, 2.24) is 20.0 Å². The molecule has 39 heavy (non-hydrogen) atoms. The first-order chi connectivity index (χ1) is 18.5. The molecule has 1 aliphatic rings. The molecule has 16 heteroatoms. The third-order valence-electron chi connectivity index (χ3n) is 5.33. The second kappa shape index (κ2) is 12.6. The van der Waals surface area contributed by atoms with Crippen molar-refractivity contribution in [2.45, 2.75) is 55.5 Å². The first-order valence-corrected chi connectivity index (χ1v) is 13.8. The maximum absolute atomic E-state index is 13.6. The van der Waals surface area contributed by atoms with E-state index in [9.17, 15) is 18.8 Å². The Balaban J connectivity index is 1.79. The Morgan fingerprint density at radius 1 is 1.10 bits per heavy atom. The maximum atomic E-state index is 13.6. The number of thioether (sulfide) groups is 1. The molecule has 0 aliphatic carbocycles. The van der Waals surface area contributed by atoms with Gasteiger partial charge in [-0.2, -0.15) is 4.39 Å². The number of hydrogen-bond donors (Lipinski definition) is 0. The predicted molar refractivity (Wildman–Crippen MR) is 139 cm³/mol. The van der Waals surface area contributed by atoms with Crippen molar-refractivity contribution in [2.24, 2.45) is 0 Å². The van der Waals surface area contributed by atoms with Crippen LogP contribution in [0, 0.1) is 5.13 Å². The molecule has 0 bridgehead atoms. The monoisotopic (exact) mass is 618 g/mol. The van der Waals surface area contributed by atoms with Crippen LogP contribution in [0.2, 0.25) is 10.0 Å². The fourth-order valence-corrected chi connectivity index (χ4v) is 5.96. The highest BCUT2D eigenvalue weighted by atomic mass is 35.5. The number of aromatic nitrogens is 4. The van der Waals surface area contributed by atoms with Crippen LogP contribution in [0.4, 0.5) is 4.39 Å². The number of rotatable bonds is 8. The lowest BCUT2D eigenvalue weighted by Gasteiger charge is -2.44. The van der Waals surface area contributed by atoms with Crippen LogP contribution in [0.1, 0.15) is 26.8 Å². The number of nitrogens with zero attached hydrogens (tertiary/aromatic N) is 4. The summed E-state index contributed by atoms with van der Waals surface area (Å²) in [5.74, 6) is -1.89. The van der Waals surface area contributed by atoms with Crippen LogP contribution >= 0.6 is 46.3 Å². The third-order valence-corrected chi connectivity index (χ3v) is 8.01. The zero-order valence-corrected chi connectivity index (χ0v) is 23.7. The quantitative estimate of drug-likeness (QED) is 0.264. The Bertz CT molecular complexity index is 1370. The van der Waals surface area contributed by atoms with E-state index in [0.717, 1.165) is 29.3 Å². The molecule has 1 saturated heterocycles. The molecule has 1 fully saturated rings. The Kier molecular flexibility index (Phi) is 9.43. The molecule has 3 unspecified atom stereocenters. The van der Waals surface area contributed by atoms with Gasteiger partial charge in [-0.05, 0) is 18.2 Å². The van der Waals surface area contributed by atoms with Gasteiger partial charge in [-0.15, -0.1) is 5.10 Å². The standard InChI is InChI=1S/C23H21Cl2FN4O7S2/c1-10(31)34-9-17-20(35-11(2)32)19(30-8-16(28-29-30)22-27-7-18(26)39-22)21(36-12(3)33)23(37-17)38-13-4-5-14(24)15(25)6-13/h4-8,17,19-21,23H,9H2,1-3H3/t17?,19?,20-,21?,23+/m0/s1. The highest BCUT2D eigenvalue weighted by molar-refractivity contribution is 7.99. The summed E-state index contributed by atoms with van der Waals surface area (Å²) >= 11 is 14.2. The molecule has 3 heterocycles. The molecule has 11 nitrogen and oxygen atoms in total. The molecule has 1 aliphatic heterocycles. The molecule has 0 N–H and O–H groups in total. The first kappa shape index (κ1) is 29.2. The molecule has 2 aromatic heterocycles. The molecule has 0 saturated carbocycles. The molecule has 0 spiro atoms. The Labute approximate surface area is 239 Å². The summed E-state index contributed by atoms with van der Waals surface area (Å²) in [6.07, 6.45) is -0.720. The van der Waals surface area contributed by atoms with Gasteiger partial charge in [0.25, 0.3) is 0 Å². The second-order valence-electron chi connectivity index (χ2n) is 8.23. The normalized spacial score (nSPS) is 22.8. The van der Waals surface area contributed by atoms with Gasteiger partial charge in [-0.3, -0.25) is 14.4 Å². The van der Waals surface area contributed by atoms with E-state index in [0.29, 0.717) is 14.9 Å². The lowest BCUT2D eigenvalue weighted by Crippen LogP contribution is -2.57. The number of benzene rings is 1. The van der Waals surface area contributed by atoms with Crippen molar-refractivity contribution in [3.8, 4) is 10.7 Å². The molecule has 4 rings (SSSR count). The van der Waals surface area contributed by atoms with Gasteiger partial charge in [-0.1, -0.05) is 51.5 Å². The fourth-order valence-electron chi connectivity index (χ4n) is 3.86. The Morgan fingerprint density at radius 2 is 1.82 bits per heavy atom. The maximum Gasteiger partial charge on any atom is 0.303 e. The lowest BCUT2D eigenvalue weighted by molar-refractivity contribution is -0.212. The largest absolute Gasteiger partial charge is 0.463 e. The fraction of sp³-hybridized carbons (Fsp3) is 0.391. The van der Waals surface area contributed by atoms with Gasteiger partial charge in [0.15, 0.2) is 17.3 Å². The smallest absolute Gasteiger partial charge is 0.303 e. The summed E-state index contributed by atoms with van der Waals surface area (Å²) in [6, 6.07) is 3.91. The highest BCUT2D eigenvalue weighted by Crippen LogP contribution is 2.42. The van der Waals surface area contributed by atoms with Gasteiger partial charge < -0.3 is 18.9 Å². The number of ether oxygens (including phenoxy) is 4. The average molecular weight is 619 g/mol. The van der Waals surface area contributed by atoms with Gasteiger partial charge in [0, 0.05) is 25.7 Å². The van der Waals surface area contributed by atoms with E-state index >= 15 is 0 Å². The third kappa shape index (κ3) is 7.25. The van der Waals surface area contributed by atoms with Crippen molar-refractivity contribution in [1.29, 1.82) is 0 Å². The average Bonchev–Trinajstić information content (AvgIpc) is 3.50. The first-order valence-electron chi connectivity index (χ1n) is 11.3. The zero-order chi connectivity index (χ0) is 28.3. The van der Waals surface area contributed by atoms with E-state index < -0.39 is 52.8 Å². The zero-order valence-electron chi connectivity index (χ0n) is 20.6. The topological polar surface area (TPSA) is 132 Å². The minimum atomic E-state index is -1.14. The molecular formula is C23H21Cl2FN4O7S2.